The molecule has 0 amide bonds. The van der Waals surface area contributed by atoms with Crippen molar-refractivity contribution in [2.75, 3.05) is 20.1 Å². The largest absolute Gasteiger partial charge is 0.352 e. The maximum atomic E-state index is 11.3. The maximum Gasteiger partial charge on any atom is 0.247 e. The SMILES string of the molecule is CN=C(NCc1ccc(S(N)(=O)=O)s1)NC1CCN(C2CC2)C1.I. The van der Waals surface area contributed by atoms with Crippen LogP contribution in [-0.2, 0) is 16.6 Å². The molecule has 0 aromatic carbocycles. The van der Waals surface area contributed by atoms with E-state index in [4.69, 9.17) is 5.14 Å². The van der Waals surface area contributed by atoms with Crippen molar-refractivity contribution in [3.8, 4) is 0 Å². The molecule has 136 valence electrons. The first-order chi connectivity index (χ1) is 11.0. The number of hydrogen-bond donors (Lipinski definition) is 3. The lowest BCUT2D eigenvalue weighted by Crippen LogP contribution is -2.44. The molecule has 0 spiro atoms. The lowest BCUT2D eigenvalue weighted by atomic mass is 10.3. The van der Waals surface area contributed by atoms with Crippen LogP contribution in [0.2, 0.25) is 0 Å². The van der Waals surface area contributed by atoms with E-state index in [0.29, 0.717) is 12.6 Å². The van der Waals surface area contributed by atoms with Crippen LogP contribution in [-0.4, -0.2) is 51.5 Å². The van der Waals surface area contributed by atoms with Crippen LogP contribution in [0.15, 0.2) is 21.3 Å². The minimum absolute atomic E-state index is 0. The predicted molar refractivity (Wildman–Crippen MR) is 107 cm³/mol. The summed E-state index contributed by atoms with van der Waals surface area (Å²) in [7, 11) is -1.87. The Kier molecular flexibility index (Phi) is 6.88. The molecule has 1 saturated heterocycles. The van der Waals surface area contributed by atoms with E-state index in [2.05, 4.69) is 20.5 Å². The van der Waals surface area contributed by atoms with E-state index >= 15 is 0 Å². The Morgan fingerprint density at radius 2 is 2.17 bits per heavy atom. The number of rotatable bonds is 5. The summed E-state index contributed by atoms with van der Waals surface area (Å²) in [4.78, 5) is 7.70. The van der Waals surface area contributed by atoms with Gasteiger partial charge in [-0.2, -0.15) is 0 Å². The van der Waals surface area contributed by atoms with Gasteiger partial charge >= 0.3 is 0 Å². The van der Waals surface area contributed by atoms with E-state index in [-0.39, 0.29) is 28.2 Å². The quantitative estimate of drug-likeness (QED) is 0.327. The van der Waals surface area contributed by atoms with Crippen molar-refractivity contribution in [1.82, 2.24) is 15.5 Å². The summed E-state index contributed by atoms with van der Waals surface area (Å²) in [5.74, 6) is 0.748. The highest BCUT2D eigenvalue weighted by atomic mass is 127. The Morgan fingerprint density at radius 3 is 2.75 bits per heavy atom. The highest BCUT2D eigenvalue weighted by molar-refractivity contribution is 14.0. The summed E-state index contributed by atoms with van der Waals surface area (Å²) in [6.45, 7) is 2.75. The molecule has 24 heavy (non-hydrogen) atoms. The van der Waals surface area contributed by atoms with Gasteiger partial charge in [-0.1, -0.05) is 0 Å². The van der Waals surface area contributed by atoms with Crippen molar-refractivity contribution in [3.63, 3.8) is 0 Å². The van der Waals surface area contributed by atoms with Gasteiger partial charge < -0.3 is 10.6 Å². The summed E-state index contributed by atoms with van der Waals surface area (Å²) in [6, 6.07) is 4.54. The third-order valence-corrected chi connectivity index (χ3v) is 6.72. The van der Waals surface area contributed by atoms with Crippen molar-refractivity contribution in [2.45, 2.75) is 42.1 Å². The van der Waals surface area contributed by atoms with E-state index in [0.717, 1.165) is 36.4 Å². The highest BCUT2D eigenvalue weighted by Crippen LogP contribution is 2.29. The number of halogens is 1. The number of sulfonamides is 1. The van der Waals surface area contributed by atoms with E-state index in [1.807, 2.05) is 0 Å². The minimum atomic E-state index is -3.61. The Labute approximate surface area is 164 Å². The number of hydrogen-bond acceptors (Lipinski definition) is 5. The van der Waals surface area contributed by atoms with Crippen molar-refractivity contribution in [3.05, 3.63) is 17.0 Å². The zero-order valence-corrected chi connectivity index (χ0v) is 17.5. The number of guanidine groups is 1. The van der Waals surface area contributed by atoms with Crippen molar-refractivity contribution in [1.29, 1.82) is 0 Å². The first-order valence-corrected chi connectivity index (χ1v) is 10.1. The van der Waals surface area contributed by atoms with Crippen LogP contribution >= 0.6 is 35.3 Å². The zero-order chi connectivity index (χ0) is 16.4. The molecule has 1 unspecified atom stereocenters. The molecule has 0 radical (unpaired) electrons. The Balaban J connectivity index is 0.00000208. The topological polar surface area (TPSA) is 99.8 Å². The molecule has 2 heterocycles. The van der Waals surface area contributed by atoms with Crippen molar-refractivity contribution in [2.24, 2.45) is 10.1 Å². The first kappa shape index (κ1) is 19.9. The fourth-order valence-electron chi connectivity index (χ4n) is 2.84. The van der Waals surface area contributed by atoms with Crippen LogP contribution in [0.1, 0.15) is 24.1 Å². The summed E-state index contributed by atoms with van der Waals surface area (Å²) < 4.78 is 22.8. The molecule has 7 nitrogen and oxygen atoms in total. The minimum Gasteiger partial charge on any atom is -0.352 e. The molecule has 4 N–H and O–H groups in total. The van der Waals surface area contributed by atoms with Crippen LogP contribution in [0.5, 0.6) is 0 Å². The second-order valence-corrected chi connectivity index (χ2v) is 9.00. The molecule has 10 heteroatoms. The molecule has 1 aliphatic heterocycles. The van der Waals surface area contributed by atoms with Crippen molar-refractivity contribution < 1.29 is 8.42 Å². The third-order valence-electron chi connectivity index (χ3n) is 4.19. The van der Waals surface area contributed by atoms with Gasteiger partial charge in [0.25, 0.3) is 0 Å². The molecule has 1 saturated carbocycles. The molecule has 1 atom stereocenters. The van der Waals surface area contributed by atoms with E-state index < -0.39 is 10.0 Å². The summed E-state index contributed by atoms with van der Waals surface area (Å²) in [6.07, 6.45) is 3.81. The van der Waals surface area contributed by atoms with Gasteiger partial charge in [0, 0.05) is 37.1 Å². The molecule has 1 aliphatic carbocycles. The second-order valence-electron chi connectivity index (χ2n) is 6.05. The molecule has 1 aromatic heterocycles. The average molecular weight is 485 g/mol. The van der Waals surface area contributed by atoms with Crippen LogP contribution < -0.4 is 15.8 Å². The summed E-state index contributed by atoms with van der Waals surface area (Å²) in [5, 5.41) is 11.8. The first-order valence-electron chi connectivity index (χ1n) is 7.78. The summed E-state index contributed by atoms with van der Waals surface area (Å²) in [5.41, 5.74) is 0. The van der Waals surface area contributed by atoms with Crippen LogP contribution in [0.3, 0.4) is 0 Å². The Hall–Kier alpha value is -0.430. The van der Waals surface area contributed by atoms with Gasteiger partial charge in [-0.05, 0) is 31.4 Å². The van der Waals surface area contributed by atoms with Gasteiger partial charge in [0.1, 0.15) is 4.21 Å². The van der Waals surface area contributed by atoms with Crippen LogP contribution in [0.25, 0.3) is 0 Å². The number of likely N-dealkylation sites (tertiary alicyclic amines) is 1. The number of primary sulfonamides is 1. The molecule has 1 aromatic rings. The molecule has 2 fully saturated rings. The molecule has 3 rings (SSSR count). The number of nitrogens with zero attached hydrogens (tertiary/aromatic N) is 2. The van der Waals surface area contributed by atoms with E-state index in [1.165, 1.54) is 30.2 Å². The van der Waals surface area contributed by atoms with Crippen molar-refractivity contribution >= 4 is 51.3 Å². The fourth-order valence-corrected chi connectivity index (χ4v) is 4.56. The molecular weight excluding hydrogens is 461 g/mol. The molecule has 2 aliphatic rings. The monoisotopic (exact) mass is 485 g/mol. The Morgan fingerprint density at radius 1 is 1.42 bits per heavy atom. The number of aliphatic imine (C=N–C) groups is 1. The number of nitrogens with one attached hydrogen (secondary N) is 2. The second kappa shape index (κ2) is 8.30. The van der Waals surface area contributed by atoms with Gasteiger partial charge in [0.15, 0.2) is 5.96 Å². The van der Waals surface area contributed by atoms with Gasteiger partial charge in [0.05, 0.1) is 6.54 Å². The number of nitrogens with two attached hydrogens (primary N) is 1. The number of thiophene rings is 1. The predicted octanol–water partition coefficient (Wildman–Crippen LogP) is 0.915. The Bertz CT molecular complexity index is 687. The molecular formula is C14H24IN5O2S2. The van der Waals surface area contributed by atoms with Gasteiger partial charge in [-0.15, -0.1) is 35.3 Å². The normalized spacial score (nSPS) is 22.2. The maximum absolute atomic E-state index is 11.3. The average Bonchev–Trinajstić information content (AvgIpc) is 3.05. The van der Waals surface area contributed by atoms with E-state index in [9.17, 15) is 8.42 Å². The lowest BCUT2D eigenvalue weighted by molar-refractivity contribution is 0.321. The molecule has 0 bridgehead atoms. The van der Waals surface area contributed by atoms with Gasteiger partial charge in [-0.3, -0.25) is 9.89 Å². The smallest absolute Gasteiger partial charge is 0.247 e. The summed E-state index contributed by atoms with van der Waals surface area (Å²) >= 11 is 1.18. The zero-order valence-electron chi connectivity index (χ0n) is 13.6. The van der Waals surface area contributed by atoms with E-state index in [1.54, 1.807) is 13.1 Å². The van der Waals surface area contributed by atoms with Gasteiger partial charge in [0.2, 0.25) is 10.0 Å². The van der Waals surface area contributed by atoms with Gasteiger partial charge in [-0.25, -0.2) is 13.6 Å². The highest BCUT2D eigenvalue weighted by Gasteiger charge is 2.34. The fraction of sp³-hybridized carbons (Fsp3) is 0.643. The third kappa shape index (κ3) is 5.28. The standard InChI is InChI=1S/C14H23N5O2S2.HI/c1-16-14(18-10-6-7-19(9-10)11-2-3-11)17-8-12-4-5-13(22-12)23(15,20)21;/h4-5,10-11H,2-3,6-9H2,1H3,(H2,15,20,21)(H2,16,17,18);1H. The van der Waals surface area contributed by atoms with Crippen LogP contribution in [0.4, 0.5) is 0 Å². The lowest BCUT2D eigenvalue weighted by Gasteiger charge is -2.18. The van der Waals surface area contributed by atoms with Crippen LogP contribution in [0, 0.1) is 0 Å².